The van der Waals surface area contributed by atoms with Crippen molar-refractivity contribution < 1.29 is 0 Å². The molecule has 0 spiro atoms. The van der Waals surface area contributed by atoms with Gasteiger partial charge in [-0.2, -0.15) is 5.26 Å². The van der Waals surface area contributed by atoms with Crippen molar-refractivity contribution in [1.82, 2.24) is 9.97 Å². The zero-order chi connectivity index (χ0) is 32.3. The first-order chi connectivity index (χ1) is 23.7. The van der Waals surface area contributed by atoms with E-state index in [9.17, 15) is 5.26 Å². The van der Waals surface area contributed by atoms with Crippen molar-refractivity contribution in [3.05, 3.63) is 181 Å². The van der Waals surface area contributed by atoms with Crippen LogP contribution in [-0.4, -0.2) is 9.97 Å². The van der Waals surface area contributed by atoms with Crippen molar-refractivity contribution in [3.8, 4) is 73.4 Å². The lowest BCUT2D eigenvalue weighted by molar-refractivity contribution is 1.18. The molecule has 0 N–H and O–H groups in total. The fraction of sp³-hybridized carbons (Fsp3) is 0. The third-order valence-corrected chi connectivity index (χ3v) is 8.73. The standard InChI is InChI=1S/C45H29N3/c46-30-31-10-9-17-38(26-31)32-18-20-33(21-19-32)41-27-39-15-7-8-16-40(39)28-42(41)34-22-24-36(25-23-34)44-29-43(35-11-3-1-4-12-35)47-45(48-44)37-13-5-2-6-14-37/h1-29H. The van der Waals surface area contributed by atoms with Gasteiger partial charge in [-0.05, 0) is 74.5 Å². The molecule has 48 heavy (non-hydrogen) atoms. The molecule has 224 valence electrons. The normalized spacial score (nSPS) is 10.9. The van der Waals surface area contributed by atoms with Gasteiger partial charge >= 0.3 is 0 Å². The SMILES string of the molecule is N#Cc1cccc(-c2ccc(-c3cc4ccccc4cc3-c3ccc(-c4cc(-c5ccccc5)nc(-c5ccccc5)n4)cc3)cc2)c1. The van der Waals surface area contributed by atoms with Gasteiger partial charge in [-0.3, -0.25) is 0 Å². The molecule has 7 aromatic carbocycles. The second-order valence-electron chi connectivity index (χ2n) is 11.8. The molecule has 0 bridgehead atoms. The van der Waals surface area contributed by atoms with E-state index in [0.717, 1.165) is 55.9 Å². The average molecular weight is 612 g/mol. The molecule has 0 saturated carbocycles. The summed E-state index contributed by atoms with van der Waals surface area (Å²) in [7, 11) is 0. The van der Waals surface area contributed by atoms with Crippen molar-refractivity contribution in [2.24, 2.45) is 0 Å². The van der Waals surface area contributed by atoms with Crippen molar-refractivity contribution in [3.63, 3.8) is 0 Å². The molecule has 0 atom stereocenters. The lowest BCUT2D eigenvalue weighted by Gasteiger charge is -2.14. The molecule has 0 aliphatic rings. The van der Waals surface area contributed by atoms with Crippen molar-refractivity contribution in [2.45, 2.75) is 0 Å². The zero-order valence-corrected chi connectivity index (χ0v) is 26.1. The van der Waals surface area contributed by atoms with Crippen molar-refractivity contribution in [1.29, 1.82) is 5.26 Å². The van der Waals surface area contributed by atoms with E-state index in [-0.39, 0.29) is 0 Å². The number of aromatic nitrogens is 2. The molecule has 0 saturated heterocycles. The summed E-state index contributed by atoms with van der Waals surface area (Å²) in [6.45, 7) is 0. The van der Waals surface area contributed by atoms with Gasteiger partial charge in [0.25, 0.3) is 0 Å². The minimum atomic E-state index is 0.659. The first-order valence-corrected chi connectivity index (χ1v) is 16.0. The molecule has 3 nitrogen and oxygen atoms in total. The van der Waals surface area contributed by atoms with Crippen LogP contribution in [0.3, 0.4) is 0 Å². The quantitative estimate of drug-likeness (QED) is 0.188. The highest BCUT2D eigenvalue weighted by Crippen LogP contribution is 2.38. The molecular formula is C45H29N3. The van der Waals surface area contributed by atoms with Crippen LogP contribution in [0.1, 0.15) is 5.56 Å². The summed E-state index contributed by atoms with van der Waals surface area (Å²) in [6, 6.07) is 62.9. The Morgan fingerprint density at radius 1 is 0.354 bits per heavy atom. The van der Waals surface area contributed by atoms with Crippen LogP contribution in [0.5, 0.6) is 0 Å². The molecule has 1 heterocycles. The highest BCUT2D eigenvalue weighted by molar-refractivity contribution is 5.97. The van der Waals surface area contributed by atoms with Gasteiger partial charge in [0.1, 0.15) is 0 Å². The van der Waals surface area contributed by atoms with Gasteiger partial charge in [0.15, 0.2) is 5.82 Å². The first-order valence-electron chi connectivity index (χ1n) is 16.0. The van der Waals surface area contributed by atoms with E-state index in [2.05, 4.69) is 109 Å². The Bertz CT molecular complexity index is 2370. The third kappa shape index (κ3) is 5.75. The van der Waals surface area contributed by atoms with E-state index >= 15 is 0 Å². The Labute approximate surface area is 280 Å². The first kappa shape index (κ1) is 28.8. The maximum absolute atomic E-state index is 9.37. The van der Waals surface area contributed by atoms with Gasteiger partial charge in [-0.25, -0.2) is 9.97 Å². The van der Waals surface area contributed by atoms with Crippen LogP contribution >= 0.6 is 0 Å². The number of nitriles is 1. The molecule has 0 unspecified atom stereocenters. The van der Waals surface area contributed by atoms with Crippen LogP contribution < -0.4 is 0 Å². The maximum atomic E-state index is 9.37. The van der Waals surface area contributed by atoms with Gasteiger partial charge in [0.2, 0.25) is 0 Å². The van der Waals surface area contributed by atoms with Gasteiger partial charge in [0.05, 0.1) is 23.0 Å². The molecule has 8 aromatic rings. The lowest BCUT2D eigenvalue weighted by Crippen LogP contribution is -1.96. The molecule has 8 rings (SSSR count). The highest BCUT2D eigenvalue weighted by atomic mass is 14.9. The minimum absolute atomic E-state index is 0.659. The summed E-state index contributed by atoms with van der Waals surface area (Å²) in [4.78, 5) is 9.97. The van der Waals surface area contributed by atoms with Crippen molar-refractivity contribution in [2.75, 3.05) is 0 Å². The Morgan fingerprint density at radius 3 is 1.38 bits per heavy atom. The number of fused-ring (bicyclic) bond motifs is 1. The summed E-state index contributed by atoms with van der Waals surface area (Å²) in [5.41, 5.74) is 12.2. The second kappa shape index (κ2) is 12.6. The summed E-state index contributed by atoms with van der Waals surface area (Å²) in [6.07, 6.45) is 0. The Kier molecular flexibility index (Phi) is 7.59. The Balaban J connectivity index is 1.20. The second-order valence-corrected chi connectivity index (χ2v) is 11.8. The zero-order valence-electron chi connectivity index (χ0n) is 26.1. The molecule has 1 aromatic heterocycles. The maximum Gasteiger partial charge on any atom is 0.160 e. The molecular weight excluding hydrogens is 583 g/mol. The largest absolute Gasteiger partial charge is 0.228 e. The summed E-state index contributed by atoms with van der Waals surface area (Å²) >= 11 is 0. The van der Waals surface area contributed by atoms with Crippen LogP contribution in [-0.2, 0) is 0 Å². The van der Waals surface area contributed by atoms with E-state index in [1.807, 2.05) is 72.8 Å². The van der Waals surface area contributed by atoms with Crippen LogP contribution in [0.25, 0.3) is 78.1 Å². The molecule has 0 aliphatic heterocycles. The number of benzene rings is 7. The molecule has 0 aliphatic carbocycles. The van der Waals surface area contributed by atoms with E-state index in [1.54, 1.807) is 0 Å². The van der Waals surface area contributed by atoms with Crippen LogP contribution in [0.2, 0.25) is 0 Å². The fourth-order valence-electron chi connectivity index (χ4n) is 6.22. The number of hydrogen-bond acceptors (Lipinski definition) is 3. The summed E-state index contributed by atoms with van der Waals surface area (Å²) < 4.78 is 0. The topological polar surface area (TPSA) is 49.6 Å². The highest BCUT2D eigenvalue weighted by Gasteiger charge is 2.14. The molecule has 0 radical (unpaired) electrons. The Morgan fingerprint density at radius 2 is 0.812 bits per heavy atom. The van der Waals surface area contributed by atoms with Crippen molar-refractivity contribution >= 4 is 10.8 Å². The molecule has 0 amide bonds. The monoisotopic (exact) mass is 611 g/mol. The lowest BCUT2D eigenvalue weighted by atomic mass is 9.90. The van der Waals surface area contributed by atoms with Gasteiger partial charge in [0, 0.05) is 16.7 Å². The van der Waals surface area contributed by atoms with E-state index in [4.69, 9.17) is 9.97 Å². The fourth-order valence-corrected chi connectivity index (χ4v) is 6.22. The van der Waals surface area contributed by atoms with Gasteiger partial charge in [-0.1, -0.05) is 146 Å². The van der Waals surface area contributed by atoms with E-state index in [1.165, 1.54) is 16.3 Å². The Hall–Kier alpha value is -6.63. The average Bonchev–Trinajstić information content (AvgIpc) is 3.18. The number of nitrogens with zero attached hydrogens (tertiary/aromatic N) is 3. The molecule has 3 heteroatoms. The van der Waals surface area contributed by atoms with Crippen LogP contribution in [0.15, 0.2) is 176 Å². The van der Waals surface area contributed by atoms with E-state index < -0.39 is 0 Å². The summed E-state index contributed by atoms with van der Waals surface area (Å²) in [5.74, 6) is 0.704. The number of hydrogen-bond donors (Lipinski definition) is 0. The molecule has 0 fully saturated rings. The van der Waals surface area contributed by atoms with E-state index in [0.29, 0.717) is 11.4 Å². The summed E-state index contributed by atoms with van der Waals surface area (Å²) in [5, 5.41) is 11.8. The minimum Gasteiger partial charge on any atom is -0.228 e. The smallest absolute Gasteiger partial charge is 0.160 e. The van der Waals surface area contributed by atoms with Crippen LogP contribution in [0.4, 0.5) is 0 Å². The predicted octanol–water partition coefficient (Wildman–Crippen LogP) is 11.5. The number of rotatable bonds is 6. The predicted molar refractivity (Wildman–Crippen MR) is 197 cm³/mol. The van der Waals surface area contributed by atoms with Gasteiger partial charge < -0.3 is 0 Å². The van der Waals surface area contributed by atoms with Crippen LogP contribution in [0, 0.1) is 11.3 Å². The third-order valence-electron chi connectivity index (χ3n) is 8.73. The van der Waals surface area contributed by atoms with Gasteiger partial charge in [-0.15, -0.1) is 0 Å².